The summed E-state index contributed by atoms with van der Waals surface area (Å²) in [5, 5.41) is 20.1. The fourth-order valence-corrected chi connectivity index (χ4v) is 2.12. The van der Waals surface area contributed by atoms with Gasteiger partial charge in [-0.2, -0.15) is 4.39 Å². The van der Waals surface area contributed by atoms with E-state index in [-0.39, 0.29) is 5.41 Å². The van der Waals surface area contributed by atoms with E-state index in [4.69, 9.17) is 0 Å². The molecular weight excluding hydrogens is 225 g/mol. The number of halogens is 1. The van der Waals surface area contributed by atoms with E-state index >= 15 is 0 Å². The number of hydrogen-bond acceptors (Lipinski definition) is 3. The number of aliphatic hydroxyl groups is 1. The molecule has 17 heavy (non-hydrogen) atoms. The lowest BCUT2D eigenvalue weighted by Gasteiger charge is -2.18. The Hall–Kier alpha value is -1.49. The molecule has 0 amide bonds. The maximum absolute atomic E-state index is 13.4. The van der Waals surface area contributed by atoms with Gasteiger partial charge in [0.25, 0.3) is 0 Å². The summed E-state index contributed by atoms with van der Waals surface area (Å²) in [5.74, 6) is -0.811. The zero-order chi connectivity index (χ0) is 12.6. The molecule has 1 saturated carbocycles. The Morgan fingerprint density at radius 2 is 2.24 bits per heavy atom. The highest BCUT2D eigenvalue weighted by Crippen LogP contribution is 2.51. The second-order valence-electron chi connectivity index (χ2n) is 4.76. The van der Waals surface area contributed by atoms with Crippen molar-refractivity contribution in [2.75, 3.05) is 0 Å². The SMILES string of the molecule is CC(O)C1(Cc2ccc([N+](=O)[O-])c(F)c2)CC1. The monoisotopic (exact) mass is 239 g/mol. The third-order valence-corrected chi connectivity index (χ3v) is 3.54. The van der Waals surface area contributed by atoms with E-state index in [0.717, 1.165) is 12.8 Å². The molecule has 1 N–H and O–H groups in total. The van der Waals surface area contributed by atoms with Crippen molar-refractivity contribution in [3.63, 3.8) is 0 Å². The topological polar surface area (TPSA) is 63.4 Å². The van der Waals surface area contributed by atoms with Crippen LogP contribution in [0, 0.1) is 21.3 Å². The minimum absolute atomic E-state index is 0.150. The van der Waals surface area contributed by atoms with Gasteiger partial charge in [-0.05, 0) is 37.8 Å². The normalized spacial score (nSPS) is 18.8. The molecule has 0 heterocycles. The summed E-state index contributed by atoms with van der Waals surface area (Å²) in [6, 6.07) is 3.94. The van der Waals surface area contributed by atoms with Crippen molar-refractivity contribution in [2.45, 2.75) is 32.3 Å². The largest absolute Gasteiger partial charge is 0.393 e. The Labute approximate surface area is 98.2 Å². The van der Waals surface area contributed by atoms with E-state index in [2.05, 4.69) is 0 Å². The quantitative estimate of drug-likeness (QED) is 0.648. The van der Waals surface area contributed by atoms with Crippen LogP contribution >= 0.6 is 0 Å². The smallest absolute Gasteiger partial charge is 0.304 e. The predicted octanol–water partition coefficient (Wildman–Crippen LogP) is 2.44. The van der Waals surface area contributed by atoms with Gasteiger partial charge in [-0.1, -0.05) is 6.07 Å². The van der Waals surface area contributed by atoms with E-state index in [1.54, 1.807) is 13.0 Å². The first kappa shape index (κ1) is 12.0. The lowest BCUT2D eigenvalue weighted by Crippen LogP contribution is -2.20. The minimum atomic E-state index is -0.811. The number of nitro benzene ring substituents is 1. The average molecular weight is 239 g/mol. The van der Waals surface area contributed by atoms with Crippen molar-refractivity contribution in [1.29, 1.82) is 0 Å². The molecule has 5 heteroatoms. The summed E-state index contributed by atoms with van der Waals surface area (Å²) in [5.41, 5.74) is 0.0462. The molecule has 1 aromatic rings. The van der Waals surface area contributed by atoms with Crippen molar-refractivity contribution in [1.82, 2.24) is 0 Å². The fraction of sp³-hybridized carbons (Fsp3) is 0.500. The van der Waals surface area contributed by atoms with Crippen molar-refractivity contribution < 1.29 is 14.4 Å². The van der Waals surface area contributed by atoms with Gasteiger partial charge in [0.2, 0.25) is 5.82 Å². The number of benzene rings is 1. The number of nitrogens with zero attached hydrogens (tertiary/aromatic N) is 1. The van der Waals surface area contributed by atoms with Gasteiger partial charge in [-0.15, -0.1) is 0 Å². The van der Waals surface area contributed by atoms with Crippen LogP contribution in [0.5, 0.6) is 0 Å². The molecule has 92 valence electrons. The van der Waals surface area contributed by atoms with E-state index in [0.29, 0.717) is 12.0 Å². The molecule has 0 aromatic heterocycles. The van der Waals surface area contributed by atoms with Gasteiger partial charge in [0.05, 0.1) is 11.0 Å². The molecule has 1 aliphatic rings. The Kier molecular flexibility index (Phi) is 2.87. The predicted molar refractivity (Wildman–Crippen MR) is 60.1 cm³/mol. The Morgan fingerprint density at radius 3 is 2.65 bits per heavy atom. The summed E-state index contributed by atoms with van der Waals surface area (Å²) < 4.78 is 13.4. The van der Waals surface area contributed by atoms with Gasteiger partial charge >= 0.3 is 5.69 Å². The Balaban J connectivity index is 2.19. The molecule has 0 bridgehead atoms. The second-order valence-corrected chi connectivity index (χ2v) is 4.76. The van der Waals surface area contributed by atoms with Crippen LogP contribution in [-0.4, -0.2) is 16.1 Å². The fourth-order valence-electron chi connectivity index (χ4n) is 2.12. The van der Waals surface area contributed by atoms with Crippen LogP contribution in [0.15, 0.2) is 18.2 Å². The van der Waals surface area contributed by atoms with E-state index in [9.17, 15) is 19.6 Å². The maximum atomic E-state index is 13.4. The van der Waals surface area contributed by atoms with Gasteiger partial charge in [0.15, 0.2) is 0 Å². The first-order valence-corrected chi connectivity index (χ1v) is 5.55. The van der Waals surface area contributed by atoms with Crippen molar-refractivity contribution >= 4 is 5.69 Å². The van der Waals surface area contributed by atoms with E-state index in [1.165, 1.54) is 12.1 Å². The molecule has 0 spiro atoms. The molecule has 1 atom stereocenters. The van der Waals surface area contributed by atoms with Crippen molar-refractivity contribution in [2.24, 2.45) is 5.41 Å². The van der Waals surface area contributed by atoms with Crippen LogP contribution in [0.3, 0.4) is 0 Å². The van der Waals surface area contributed by atoms with E-state index < -0.39 is 22.5 Å². The standard InChI is InChI=1S/C12H14FNO3/c1-8(15)12(4-5-12)7-9-2-3-11(14(16)17)10(13)6-9/h2-3,6,8,15H,4-5,7H2,1H3. The third-order valence-electron chi connectivity index (χ3n) is 3.54. The highest BCUT2D eigenvalue weighted by Gasteiger charge is 2.46. The van der Waals surface area contributed by atoms with Crippen LogP contribution in [-0.2, 0) is 6.42 Å². The van der Waals surface area contributed by atoms with Crippen LogP contribution in [0.1, 0.15) is 25.3 Å². The molecule has 1 unspecified atom stereocenters. The molecule has 4 nitrogen and oxygen atoms in total. The molecule has 1 fully saturated rings. The number of hydrogen-bond donors (Lipinski definition) is 1. The lowest BCUT2D eigenvalue weighted by molar-refractivity contribution is -0.387. The van der Waals surface area contributed by atoms with E-state index in [1.807, 2.05) is 0 Å². The summed E-state index contributed by atoms with van der Waals surface area (Å²) in [6.45, 7) is 1.73. The summed E-state index contributed by atoms with van der Waals surface area (Å²) in [4.78, 5) is 9.73. The van der Waals surface area contributed by atoms with Gasteiger partial charge in [0, 0.05) is 11.5 Å². The zero-order valence-electron chi connectivity index (χ0n) is 9.52. The van der Waals surface area contributed by atoms with Crippen LogP contribution in [0.25, 0.3) is 0 Å². The lowest BCUT2D eigenvalue weighted by atomic mass is 9.91. The zero-order valence-corrected chi connectivity index (χ0v) is 9.52. The second kappa shape index (κ2) is 4.07. The number of aliphatic hydroxyl groups excluding tert-OH is 1. The molecule has 0 aliphatic heterocycles. The average Bonchev–Trinajstić information content (AvgIpc) is 2.98. The van der Waals surface area contributed by atoms with Crippen LogP contribution in [0.4, 0.5) is 10.1 Å². The number of rotatable bonds is 4. The summed E-state index contributed by atoms with van der Waals surface area (Å²) in [6.07, 6.45) is 1.98. The molecule has 0 radical (unpaired) electrons. The van der Waals surface area contributed by atoms with Crippen LogP contribution in [0.2, 0.25) is 0 Å². The Bertz CT molecular complexity index is 455. The molecule has 1 aliphatic carbocycles. The minimum Gasteiger partial charge on any atom is -0.393 e. The molecule has 1 aromatic carbocycles. The highest BCUT2D eigenvalue weighted by molar-refractivity contribution is 5.35. The first-order valence-electron chi connectivity index (χ1n) is 5.55. The third kappa shape index (κ3) is 2.29. The van der Waals surface area contributed by atoms with Crippen LogP contribution < -0.4 is 0 Å². The summed E-state index contributed by atoms with van der Waals surface area (Å²) in [7, 11) is 0. The molecule has 0 saturated heterocycles. The molecule has 2 rings (SSSR count). The van der Waals surface area contributed by atoms with Gasteiger partial charge in [-0.3, -0.25) is 10.1 Å². The maximum Gasteiger partial charge on any atom is 0.304 e. The van der Waals surface area contributed by atoms with Crippen molar-refractivity contribution in [3.8, 4) is 0 Å². The first-order chi connectivity index (χ1) is 7.94. The van der Waals surface area contributed by atoms with Crippen molar-refractivity contribution in [3.05, 3.63) is 39.7 Å². The summed E-state index contributed by atoms with van der Waals surface area (Å²) >= 11 is 0. The van der Waals surface area contributed by atoms with Gasteiger partial charge < -0.3 is 5.11 Å². The molecular formula is C12H14FNO3. The number of nitro groups is 1. The highest BCUT2D eigenvalue weighted by atomic mass is 19.1. The van der Waals surface area contributed by atoms with Gasteiger partial charge in [-0.25, -0.2) is 0 Å². The Morgan fingerprint density at radius 1 is 1.59 bits per heavy atom. The van der Waals surface area contributed by atoms with Gasteiger partial charge in [0.1, 0.15) is 0 Å².